The van der Waals surface area contributed by atoms with Crippen LogP contribution in [-0.4, -0.2) is 19.9 Å². The van der Waals surface area contributed by atoms with E-state index in [-0.39, 0.29) is 22.2 Å². The van der Waals surface area contributed by atoms with Crippen molar-refractivity contribution in [1.82, 2.24) is 9.55 Å². The Labute approximate surface area is 162 Å². The summed E-state index contributed by atoms with van der Waals surface area (Å²) in [6, 6.07) is 10.1. The molecule has 1 saturated carbocycles. The van der Waals surface area contributed by atoms with Crippen molar-refractivity contribution in [2.45, 2.75) is 55.2 Å². The lowest BCUT2D eigenvalue weighted by Crippen LogP contribution is -2.48. The highest BCUT2D eigenvalue weighted by Gasteiger charge is 2.47. The molecule has 1 aliphatic heterocycles. The maximum atomic E-state index is 11.7. The van der Waals surface area contributed by atoms with Gasteiger partial charge >= 0.3 is 0 Å². The van der Waals surface area contributed by atoms with Crippen molar-refractivity contribution in [2.75, 3.05) is 0 Å². The Morgan fingerprint density at radius 3 is 2.84 bits per heavy atom. The molecule has 1 fully saturated rings. The Hall–Kier alpha value is -1.04. The molecule has 3 atom stereocenters. The van der Waals surface area contributed by atoms with E-state index >= 15 is 0 Å². The molecule has 3 aliphatic rings. The van der Waals surface area contributed by atoms with E-state index in [1.165, 1.54) is 31.3 Å². The third kappa shape index (κ3) is 2.39. The first-order chi connectivity index (χ1) is 11.7. The van der Waals surface area contributed by atoms with Crippen molar-refractivity contribution in [1.29, 1.82) is 0 Å². The second kappa shape index (κ2) is 6.29. The molecule has 3 nitrogen and oxygen atoms in total. The number of thioether (sulfide) groups is 1. The van der Waals surface area contributed by atoms with Gasteiger partial charge in [-0.2, -0.15) is 0 Å². The van der Waals surface area contributed by atoms with E-state index in [0.29, 0.717) is 5.92 Å². The van der Waals surface area contributed by atoms with E-state index in [1.54, 1.807) is 11.8 Å². The van der Waals surface area contributed by atoms with E-state index in [9.17, 15) is 5.11 Å². The summed E-state index contributed by atoms with van der Waals surface area (Å²) in [6.45, 7) is 2.10. The predicted molar refractivity (Wildman–Crippen MR) is 107 cm³/mol. The lowest BCUT2D eigenvalue weighted by Gasteiger charge is -2.31. The van der Waals surface area contributed by atoms with Crippen LogP contribution >= 0.6 is 28.7 Å². The van der Waals surface area contributed by atoms with Crippen LogP contribution in [0.5, 0.6) is 0 Å². The SMILES string of the molecule is Br.CC1Sc2nc3c(n2C1(O)c1ccccc1)=CCC1CCCCC=31. The second-order valence-electron chi connectivity index (χ2n) is 7.22. The van der Waals surface area contributed by atoms with Crippen molar-refractivity contribution in [3.63, 3.8) is 0 Å². The van der Waals surface area contributed by atoms with Gasteiger partial charge in [-0.3, -0.25) is 4.57 Å². The van der Waals surface area contributed by atoms with Crippen molar-refractivity contribution in [3.8, 4) is 0 Å². The van der Waals surface area contributed by atoms with Gasteiger partial charge in [-0.15, -0.1) is 17.0 Å². The number of fused-ring (bicyclic) bond motifs is 4. The van der Waals surface area contributed by atoms with Crippen LogP contribution in [0, 0.1) is 5.92 Å². The summed E-state index contributed by atoms with van der Waals surface area (Å²) in [5, 5.41) is 15.0. The minimum absolute atomic E-state index is 0. The van der Waals surface area contributed by atoms with Gasteiger partial charge in [0.15, 0.2) is 10.9 Å². The van der Waals surface area contributed by atoms with Crippen LogP contribution in [0.4, 0.5) is 0 Å². The molecule has 5 heteroatoms. The van der Waals surface area contributed by atoms with Crippen molar-refractivity contribution in [2.24, 2.45) is 5.92 Å². The average Bonchev–Trinajstić information content (AvgIpc) is 3.11. The molecule has 0 amide bonds. The number of aliphatic hydroxyl groups is 1. The van der Waals surface area contributed by atoms with Crippen LogP contribution in [-0.2, 0) is 5.72 Å². The summed E-state index contributed by atoms with van der Waals surface area (Å²) in [6.07, 6.45) is 8.49. The van der Waals surface area contributed by atoms with E-state index in [2.05, 4.69) is 17.6 Å². The van der Waals surface area contributed by atoms with Gasteiger partial charge < -0.3 is 5.11 Å². The number of aromatic nitrogens is 2. The molecule has 0 spiro atoms. The quantitative estimate of drug-likeness (QED) is 0.772. The first kappa shape index (κ1) is 17.4. The summed E-state index contributed by atoms with van der Waals surface area (Å²) in [4.78, 5) is 4.98. The molecule has 1 aromatic heterocycles. The summed E-state index contributed by atoms with van der Waals surface area (Å²) in [5.74, 6) is 0.675. The summed E-state index contributed by atoms with van der Waals surface area (Å²) < 4.78 is 2.10. The molecule has 25 heavy (non-hydrogen) atoms. The zero-order chi connectivity index (χ0) is 16.3. The molecule has 2 aromatic rings. The second-order valence-corrected chi connectivity index (χ2v) is 8.53. The molecule has 0 saturated heterocycles. The predicted octanol–water partition coefficient (Wildman–Crippen LogP) is 3.17. The largest absolute Gasteiger partial charge is 0.365 e. The maximum Gasteiger partial charge on any atom is 0.182 e. The molecular formula is C20H23BrN2OS. The number of hydrogen-bond donors (Lipinski definition) is 1. The fourth-order valence-electron chi connectivity index (χ4n) is 4.62. The van der Waals surface area contributed by atoms with Crippen molar-refractivity contribution >= 4 is 40.4 Å². The number of hydrogen-bond acceptors (Lipinski definition) is 3. The number of halogens is 1. The van der Waals surface area contributed by atoms with E-state index < -0.39 is 5.72 Å². The smallest absolute Gasteiger partial charge is 0.182 e. The number of rotatable bonds is 1. The van der Waals surface area contributed by atoms with Gasteiger partial charge in [0.2, 0.25) is 0 Å². The van der Waals surface area contributed by atoms with E-state index in [4.69, 9.17) is 4.98 Å². The van der Waals surface area contributed by atoms with Crippen LogP contribution in [0.15, 0.2) is 35.5 Å². The third-order valence-corrected chi connectivity index (χ3v) is 7.08. The minimum atomic E-state index is -1.01. The first-order valence-corrected chi connectivity index (χ1v) is 9.84. The molecule has 1 aromatic carbocycles. The van der Waals surface area contributed by atoms with E-state index in [0.717, 1.165) is 27.8 Å². The molecule has 2 heterocycles. The topological polar surface area (TPSA) is 38.0 Å². The van der Waals surface area contributed by atoms with Gasteiger partial charge in [0.25, 0.3) is 0 Å². The number of nitrogens with zero attached hydrogens (tertiary/aromatic N) is 2. The fraction of sp³-hybridized carbons (Fsp3) is 0.450. The molecule has 2 aliphatic carbocycles. The highest BCUT2D eigenvalue weighted by atomic mass is 79.9. The van der Waals surface area contributed by atoms with Crippen LogP contribution in [0.3, 0.4) is 0 Å². The summed E-state index contributed by atoms with van der Waals surface area (Å²) >= 11 is 1.69. The monoisotopic (exact) mass is 418 g/mol. The zero-order valence-electron chi connectivity index (χ0n) is 14.3. The first-order valence-electron chi connectivity index (χ1n) is 8.96. The minimum Gasteiger partial charge on any atom is -0.365 e. The molecule has 0 bridgehead atoms. The van der Waals surface area contributed by atoms with Crippen LogP contribution in [0.2, 0.25) is 0 Å². The van der Waals surface area contributed by atoms with Gasteiger partial charge in [-0.25, -0.2) is 4.98 Å². The molecule has 5 rings (SSSR count). The van der Waals surface area contributed by atoms with E-state index in [1.807, 2.05) is 30.3 Å². The molecule has 1 N–H and O–H groups in total. The Morgan fingerprint density at radius 1 is 1.24 bits per heavy atom. The Balaban J connectivity index is 0.00000157. The maximum absolute atomic E-state index is 11.7. The van der Waals surface area contributed by atoms with Gasteiger partial charge in [-0.05, 0) is 44.1 Å². The van der Waals surface area contributed by atoms with Crippen LogP contribution in [0.1, 0.15) is 44.6 Å². The average molecular weight is 419 g/mol. The summed E-state index contributed by atoms with van der Waals surface area (Å²) in [5.41, 5.74) is 1.47. The van der Waals surface area contributed by atoms with Gasteiger partial charge in [0, 0.05) is 5.56 Å². The molecule has 0 radical (unpaired) electrons. The Morgan fingerprint density at radius 2 is 2.04 bits per heavy atom. The number of imidazole rings is 1. The van der Waals surface area contributed by atoms with Crippen molar-refractivity contribution in [3.05, 3.63) is 46.6 Å². The van der Waals surface area contributed by atoms with Gasteiger partial charge in [-0.1, -0.05) is 54.6 Å². The third-order valence-electron chi connectivity index (χ3n) is 5.91. The lowest BCUT2D eigenvalue weighted by molar-refractivity contribution is 0.00422. The van der Waals surface area contributed by atoms with Crippen LogP contribution < -0.4 is 10.7 Å². The van der Waals surface area contributed by atoms with Crippen LogP contribution in [0.25, 0.3) is 11.6 Å². The zero-order valence-corrected chi connectivity index (χ0v) is 16.8. The summed E-state index contributed by atoms with van der Waals surface area (Å²) in [7, 11) is 0. The molecule has 132 valence electrons. The normalized spacial score (nSPS) is 29.9. The number of benzene rings is 1. The fourth-order valence-corrected chi connectivity index (χ4v) is 5.83. The Bertz CT molecular complexity index is 923. The van der Waals surface area contributed by atoms with Gasteiger partial charge in [0.05, 0.1) is 15.9 Å². The molecular weight excluding hydrogens is 396 g/mol. The van der Waals surface area contributed by atoms with Crippen molar-refractivity contribution < 1.29 is 5.11 Å². The standard InChI is InChI=1S/C20H22N2OS.BrH/c1-13-20(23,15-8-3-2-4-9-15)22-17-12-11-14-7-5-6-10-16(14)18(17)21-19(22)24-13;/h2-4,8-9,12-14,23H,5-7,10-11H2,1H3;1H. The lowest BCUT2D eigenvalue weighted by atomic mass is 9.80. The van der Waals surface area contributed by atoms with Gasteiger partial charge in [0.1, 0.15) is 0 Å². The molecule has 3 unspecified atom stereocenters. The Kier molecular flexibility index (Phi) is 4.37. The highest BCUT2D eigenvalue weighted by molar-refractivity contribution is 8.93. The highest BCUT2D eigenvalue weighted by Crippen LogP contribution is 2.44.